The van der Waals surface area contributed by atoms with Gasteiger partial charge in [0.15, 0.2) is 4.60 Å². The minimum absolute atomic E-state index is 0.135. The van der Waals surface area contributed by atoms with E-state index in [-0.39, 0.29) is 9.63 Å². The molecular weight excluding hydrogens is 322 g/mol. The second kappa shape index (κ2) is 4.26. The Labute approximate surface area is 114 Å². The summed E-state index contributed by atoms with van der Waals surface area (Å²) in [5, 5.41) is 10.9. The number of nitrogens with one attached hydrogen (secondary N) is 1. The Morgan fingerprint density at radius 1 is 1.33 bits per heavy atom. The van der Waals surface area contributed by atoms with E-state index in [0.717, 1.165) is 13.1 Å². The largest absolute Gasteiger partial charge is 0.316 e. The maximum atomic E-state index is 12.5. The summed E-state index contributed by atoms with van der Waals surface area (Å²) in [5.41, 5.74) is 0. The molecule has 0 bridgehead atoms. The van der Waals surface area contributed by atoms with Gasteiger partial charge in [-0.05, 0) is 40.9 Å². The first-order valence-electron chi connectivity index (χ1n) is 5.76. The molecule has 2 fully saturated rings. The van der Waals surface area contributed by atoms with Gasteiger partial charge in [-0.15, -0.1) is 5.10 Å². The van der Waals surface area contributed by atoms with Gasteiger partial charge in [-0.1, -0.05) is 5.21 Å². The highest BCUT2D eigenvalue weighted by Gasteiger charge is 2.43. The number of hydrogen-bond donors (Lipinski definition) is 1. The Balaban J connectivity index is 1.92. The van der Waals surface area contributed by atoms with Crippen molar-refractivity contribution in [3.8, 4) is 0 Å². The Bertz CT molecular complexity index is 540. The molecule has 9 heteroatoms. The van der Waals surface area contributed by atoms with Crippen molar-refractivity contribution in [2.75, 3.05) is 26.2 Å². The lowest BCUT2D eigenvalue weighted by Gasteiger charge is -2.17. The maximum absolute atomic E-state index is 12.5. The number of rotatable bonds is 2. The van der Waals surface area contributed by atoms with Crippen molar-refractivity contribution in [3.05, 3.63) is 4.60 Å². The Morgan fingerprint density at radius 2 is 1.94 bits per heavy atom. The first kappa shape index (κ1) is 12.5. The molecular formula is C9H14BrN5O2S. The van der Waals surface area contributed by atoms with E-state index in [0.29, 0.717) is 24.9 Å². The molecule has 100 valence electrons. The van der Waals surface area contributed by atoms with Crippen LogP contribution >= 0.6 is 15.9 Å². The minimum Gasteiger partial charge on any atom is -0.316 e. The van der Waals surface area contributed by atoms with E-state index in [1.165, 1.54) is 4.68 Å². The van der Waals surface area contributed by atoms with Gasteiger partial charge in [-0.3, -0.25) is 0 Å². The fourth-order valence-corrected chi connectivity index (χ4v) is 5.31. The lowest BCUT2D eigenvalue weighted by molar-refractivity contribution is 0.440. The highest BCUT2D eigenvalue weighted by molar-refractivity contribution is 9.10. The van der Waals surface area contributed by atoms with Crippen LogP contribution in [0.25, 0.3) is 0 Å². The molecule has 1 aromatic heterocycles. The number of fused-ring (bicyclic) bond motifs is 1. The van der Waals surface area contributed by atoms with E-state index in [1.54, 1.807) is 11.4 Å². The average Bonchev–Trinajstić information content (AvgIpc) is 2.91. The topological polar surface area (TPSA) is 80.1 Å². The standard InChI is InChI=1S/C9H14BrN5O2S/c1-14-9(8(10)12-13-14)18(16,17)15-4-6-2-11-3-7(6)5-15/h6-7,11H,2-5H2,1H3. The predicted octanol–water partition coefficient (Wildman–Crippen LogP) is -0.583. The molecule has 1 aromatic rings. The van der Waals surface area contributed by atoms with Crippen LogP contribution in [0.1, 0.15) is 0 Å². The molecule has 0 amide bonds. The molecule has 0 aromatic carbocycles. The molecule has 3 heterocycles. The van der Waals surface area contributed by atoms with E-state index in [9.17, 15) is 8.42 Å². The van der Waals surface area contributed by atoms with Crippen LogP contribution in [0.3, 0.4) is 0 Å². The Kier molecular flexibility index (Phi) is 2.96. The normalized spacial score (nSPS) is 28.8. The molecule has 2 aliphatic rings. The number of nitrogens with zero attached hydrogens (tertiary/aromatic N) is 4. The van der Waals surface area contributed by atoms with Crippen LogP contribution in [0.5, 0.6) is 0 Å². The third-order valence-electron chi connectivity index (χ3n) is 3.68. The molecule has 2 aliphatic heterocycles. The fraction of sp³-hybridized carbons (Fsp3) is 0.778. The van der Waals surface area contributed by atoms with Crippen LogP contribution in [0.4, 0.5) is 0 Å². The van der Waals surface area contributed by atoms with Gasteiger partial charge < -0.3 is 5.32 Å². The highest BCUT2D eigenvalue weighted by Crippen LogP contribution is 2.32. The molecule has 2 saturated heterocycles. The smallest absolute Gasteiger partial charge is 0.263 e. The first-order valence-corrected chi connectivity index (χ1v) is 7.99. The quantitative estimate of drug-likeness (QED) is 0.782. The van der Waals surface area contributed by atoms with Gasteiger partial charge in [-0.25, -0.2) is 13.1 Å². The maximum Gasteiger partial charge on any atom is 0.263 e. The number of hydrogen-bond acceptors (Lipinski definition) is 5. The molecule has 0 spiro atoms. The summed E-state index contributed by atoms with van der Waals surface area (Å²) >= 11 is 3.15. The van der Waals surface area contributed by atoms with E-state index < -0.39 is 10.0 Å². The molecule has 7 nitrogen and oxygen atoms in total. The van der Waals surface area contributed by atoms with Gasteiger partial charge in [0.2, 0.25) is 5.03 Å². The van der Waals surface area contributed by atoms with Gasteiger partial charge in [0.05, 0.1) is 0 Å². The van der Waals surface area contributed by atoms with Crippen LogP contribution in [0.2, 0.25) is 0 Å². The number of halogens is 1. The van der Waals surface area contributed by atoms with Gasteiger partial charge in [0, 0.05) is 20.1 Å². The third-order valence-corrected chi connectivity index (χ3v) is 6.40. The van der Waals surface area contributed by atoms with Gasteiger partial charge in [0.25, 0.3) is 10.0 Å². The van der Waals surface area contributed by atoms with Crippen molar-refractivity contribution in [3.63, 3.8) is 0 Å². The second-order valence-corrected chi connectivity index (χ2v) is 7.41. The summed E-state index contributed by atoms with van der Waals surface area (Å²) in [7, 11) is -1.92. The summed E-state index contributed by atoms with van der Waals surface area (Å²) in [5.74, 6) is 0.861. The Morgan fingerprint density at radius 3 is 2.44 bits per heavy atom. The van der Waals surface area contributed by atoms with Crippen molar-refractivity contribution in [1.82, 2.24) is 24.6 Å². The van der Waals surface area contributed by atoms with Crippen LogP contribution in [0, 0.1) is 11.8 Å². The summed E-state index contributed by atoms with van der Waals surface area (Å²) in [6, 6.07) is 0. The summed E-state index contributed by atoms with van der Waals surface area (Å²) in [6.07, 6.45) is 0. The van der Waals surface area contributed by atoms with Gasteiger partial charge in [-0.2, -0.15) is 4.31 Å². The number of sulfonamides is 1. The summed E-state index contributed by atoms with van der Waals surface area (Å²) in [6.45, 7) is 2.97. The first-order chi connectivity index (χ1) is 8.50. The molecule has 1 N–H and O–H groups in total. The highest BCUT2D eigenvalue weighted by atomic mass is 79.9. The summed E-state index contributed by atoms with van der Waals surface area (Å²) in [4.78, 5) is 0. The van der Waals surface area contributed by atoms with Crippen molar-refractivity contribution >= 4 is 26.0 Å². The lowest BCUT2D eigenvalue weighted by Crippen LogP contribution is -2.33. The SMILES string of the molecule is Cn1nnc(Br)c1S(=O)(=O)N1CC2CNCC2C1. The van der Waals surface area contributed by atoms with Gasteiger partial charge >= 0.3 is 0 Å². The van der Waals surface area contributed by atoms with E-state index in [1.807, 2.05) is 0 Å². The van der Waals surface area contributed by atoms with Crippen LogP contribution in [-0.4, -0.2) is 53.9 Å². The molecule has 0 radical (unpaired) electrons. The zero-order valence-corrected chi connectivity index (χ0v) is 12.3. The van der Waals surface area contributed by atoms with E-state index in [4.69, 9.17) is 0 Å². The van der Waals surface area contributed by atoms with Gasteiger partial charge in [0.1, 0.15) is 0 Å². The van der Waals surface area contributed by atoms with Crippen molar-refractivity contribution in [2.24, 2.45) is 18.9 Å². The third kappa shape index (κ3) is 1.80. The predicted molar refractivity (Wildman–Crippen MR) is 67.3 cm³/mol. The molecule has 2 atom stereocenters. The van der Waals surface area contributed by atoms with Crippen molar-refractivity contribution in [2.45, 2.75) is 5.03 Å². The molecule has 3 rings (SSSR count). The van der Waals surface area contributed by atoms with Crippen LogP contribution < -0.4 is 5.32 Å². The van der Waals surface area contributed by atoms with E-state index in [2.05, 4.69) is 31.6 Å². The monoisotopic (exact) mass is 335 g/mol. The van der Waals surface area contributed by atoms with Crippen molar-refractivity contribution < 1.29 is 8.42 Å². The molecule has 0 aliphatic carbocycles. The molecule has 0 saturated carbocycles. The average molecular weight is 336 g/mol. The second-order valence-electron chi connectivity index (χ2n) is 4.81. The summed E-state index contributed by atoms with van der Waals surface area (Å²) < 4.78 is 28.2. The number of aryl methyl sites for hydroxylation is 1. The minimum atomic E-state index is -3.50. The zero-order chi connectivity index (χ0) is 12.9. The Hall–Kier alpha value is -0.510. The van der Waals surface area contributed by atoms with E-state index >= 15 is 0 Å². The van der Waals surface area contributed by atoms with Crippen LogP contribution in [-0.2, 0) is 17.1 Å². The molecule has 2 unspecified atom stereocenters. The molecule has 18 heavy (non-hydrogen) atoms. The fourth-order valence-electron chi connectivity index (χ4n) is 2.73. The van der Waals surface area contributed by atoms with Crippen LogP contribution in [0.15, 0.2) is 9.63 Å². The zero-order valence-electron chi connectivity index (χ0n) is 9.87. The van der Waals surface area contributed by atoms with Crippen molar-refractivity contribution in [1.29, 1.82) is 0 Å². The number of aromatic nitrogens is 3. The lowest BCUT2D eigenvalue weighted by atomic mass is 10.0.